The van der Waals surface area contributed by atoms with Crippen LogP contribution in [0.2, 0.25) is 0 Å². The lowest BCUT2D eigenvalue weighted by Gasteiger charge is -2.14. The van der Waals surface area contributed by atoms with Crippen molar-refractivity contribution in [3.63, 3.8) is 0 Å². The molecule has 2 aromatic rings. The Bertz CT molecular complexity index is 649. The molecular formula is C18H19BrO2. The molecule has 0 spiro atoms. The van der Waals surface area contributed by atoms with E-state index in [2.05, 4.69) is 15.9 Å². The molecule has 0 fully saturated rings. The van der Waals surface area contributed by atoms with Gasteiger partial charge in [-0.3, -0.25) is 4.79 Å². The zero-order chi connectivity index (χ0) is 15.4. The first-order valence-electron chi connectivity index (χ1n) is 6.95. The Morgan fingerprint density at radius 2 is 1.86 bits per heavy atom. The van der Waals surface area contributed by atoms with E-state index in [-0.39, 0.29) is 5.78 Å². The molecule has 1 unspecified atom stereocenters. The van der Waals surface area contributed by atoms with E-state index in [9.17, 15) is 4.79 Å². The molecule has 2 nitrogen and oxygen atoms in total. The monoisotopic (exact) mass is 346 g/mol. The van der Waals surface area contributed by atoms with E-state index in [0.29, 0.717) is 12.2 Å². The minimum Gasteiger partial charge on any atom is -0.366 e. The number of Topliss-reactive ketones (excluding diaryl/α,β-unsaturated/α-hetero) is 1. The van der Waals surface area contributed by atoms with E-state index in [4.69, 9.17) is 4.74 Å². The van der Waals surface area contributed by atoms with E-state index in [1.165, 1.54) is 5.56 Å². The highest BCUT2D eigenvalue weighted by atomic mass is 79.9. The minimum atomic E-state index is -0.459. The average Bonchev–Trinajstić information content (AvgIpc) is 2.48. The third-order valence-electron chi connectivity index (χ3n) is 3.61. The van der Waals surface area contributed by atoms with Gasteiger partial charge in [0.1, 0.15) is 6.10 Å². The molecule has 0 aliphatic heterocycles. The molecule has 1 atom stereocenters. The standard InChI is InChI=1S/C18H19BrO2/c1-12-8-9-15(10-13(12)2)18(20)14(3)21-11-16-6-4-5-7-17(16)19/h4-10,14H,11H2,1-3H3. The Morgan fingerprint density at radius 1 is 1.14 bits per heavy atom. The van der Waals surface area contributed by atoms with Gasteiger partial charge in [0.25, 0.3) is 0 Å². The van der Waals surface area contributed by atoms with Crippen LogP contribution in [-0.4, -0.2) is 11.9 Å². The fraction of sp³-hybridized carbons (Fsp3) is 0.278. The number of aryl methyl sites for hydroxylation is 2. The van der Waals surface area contributed by atoms with Crippen LogP contribution in [0.4, 0.5) is 0 Å². The highest BCUT2D eigenvalue weighted by Gasteiger charge is 2.16. The predicted octanol–water partition coefficient (Wildman–Crippen LogP) is 4.85. The van der Waals surface area contributed by atoms with E-state index < -0.39 is 6.10 Å². The molecule has 0 aliphatic rings. The Morgan fingerprint density at radius 3 is 2.52 bits per heavy atom. The molecule has 2 aromatic carbocycles. The molecule has 110 valence electrons. The lowest BCUT2D eigenvalue weighted by atomic mass is 10.0. The van der Waals surface area contributed by atoms with Gasteiger partial charge in [-0.2, -0.15) is 0 Å². The van der Waals surface area contributed by atoms with Gasteiger partial charge in [-0.25, -0.2) is 0 Å². The second kappa shape index (κ2) is 7.01. The minimum absolute atomic E-state index is 0.0187. The third kappa shape index (κ3) is 4.02. The molecule has 0 radical (unpaired) electrons. The van der Waals surface area contributed by atoms with Crippen LogP contribution in [0, 0.1) is 13.8 Å². The smallest absolute Gasteiger partial charge is 0.191 e. The van der Waals surface area contributed by atoms with Gasteiger partial charge in [0.15, 0.2) is 5.78 Å². The van der Waals surface area contributed by atoms with Crippen LogP contribution in [0.25, 0.3) is 0 Å². The van der Waals surface area contributed by atoms with E-state index >= 15 is 0 Å². The number of carbonyl (C=O) groups is 1. The average molecular weight is 347 g/mol. The molecule has 0 saturated heterocycles. The van der Waals surface area contributed by atoms with Crippen LogP contribution in [0.1, 0.15) is 34.0 Å². The molecule has 0 saturated carbocycles. The fourth-order valence-electron chi connectivity index (χ4n) is 2.04. The number of benzene rings is 2. The molecular weight excluding hydrogens is 328 g/mol. The second-order valence-corrected chi connectivity index (χ2v) is 6.06. The first-order chi connectivity index (χ1) is 9.99. The van der Waals surface area contributed by atoms with Crippen molar-refractivity contribution >= 4 is 21.7 Å². The molecule has 0 N–H and O–H groups in total. The maximum atomic E-state index is 12.4. The Hall–Kier alpha value is -1.45. The summed E-state index contributed by atoms with van der Waals surface area (Å²) in [6.07, 6.45) is -0.459. The van der Waals surface area contributed by atoms with Gasteiger partial charge in [-0.15, -0.1) is 0 Å². The quantitative estimate of drug-likeness (QED) is 0.723. The van der Waals surface area contributed by atoms with Crippen LogP contribution in [0.5, 0.6) is 0 Å². The summed E-state index contributed by atoms with van der Waals surface area (Å²) in [6, 6.07) is 13.6. The lowest BCUT2D eigenvalue weighted by Crippen LogP contribution is -2.21. The van der Waals surface area contributed by atoms with Crippen LogP contribution in [-0.2, 0) is 11.3 Å². The van der Waals surface area contributed by atoms with Gasteiger partial charge in [0, 0.05) is 10.0 Å². The zero-order valence-corrected chi connectivity index (χ0v) is 14.1. The summed E-state index contributed by atoms with van der Waals surface area (Å²) in [4.78, 5) is 12.4. The van der Waals surface area contributed by atoms with Crippen molar-refractivity contribution in [3.05, 3.63) is 69.2 Å². The predicted molar refractivity (Wildman–Crippen MR) is 88.6 cm³/mol. The van der Waals surface area contributed by atoms with Crippen LogP contribution in [0.3, 0.4) is 0 Å². The van der Waals surface area contributed by atoms with E-state index in [1.807, 2.05) is 56.3 Å². The van der Waals surface area contributed by atoms with Crippen molar-refractivity contribution in [1.29, 1.82) is 0 Å². The number of ether oxygens (including phenoxy) is 1. The Balaban J connectivity index is 2.03. The normalized spacial score (nSPS) is 12.2. The molecule has 0 amide bonds. The number of rotatable bonds is 5. The molecule has 21 heavy (non-hydrogen) atoms. The number of halogens is 1. The van der Waals surface area contributed by atoms with Gasteiger partial charge < -0.3 is 4.74 Å². The first kappa shape index (κ1) is 15.9. The zero-order valence-electron chi connectivity index (χ0n) is 12.5. The Labute approximate surface area is 134 Å². The molecule has 0 aliphatic carbocycles. The lowest BCUT2D eigenvalue weighted by molar-refractivity contribution is 0.0410. The van der Waals surface area contributed by atoms with Gasteiger partial charge in [0.2, 0.25) is 0 Å². The number of hydrogen-bond donors (Lipinski definition) is 0. The summed E-state index contributed by atoms with van der Waals surface area (Å²) in [5.74, 6) is 0.0187. The second-order valence-electron chi connectivity index (χ2n) is 5.21. The summed E-state index contributed by atoms with van der Waals surface area (Å²) in [5.41, 5.74) is 4.06. The number of hydrogen-bond acceptors (Lipinski definition) is 2. The summed E-state index contributed by atoms with van der Waals surface area (Å²) < 4.78 is 6.71. The first-order valence-corrected chi connectivity index (χ1v) is 7.75. The summed E-state index contributed by atoms with van der Waals surface area (Å²) in [5, 5.41) is 0. The van der Waals surface area contributed by atoms with Gasteiger partial charge in [-0.05, 0) is 49.6 Å². The van der Waals surface area contributed by atoms with E-state index in [1.54, 1.807) is 6.92 Å². The van der Waals surface area contributed by atoms with Crippen molar-refractivity contribution in [2.75, 3.05) is 0 Å². The van der Waals surface area contributed by atoms with Crippen molar-refractivity contribution in [1.82, 2.24) is 0 Å². The van der Waals surface area contributed by atoms with Crippen LogP contribution in [0.15, 0.2) is 46.9 Å². The van der Waals surface area contributed by atoms with Crippen LogP contribution >= 0.6 is 15.9 Å². The number of carbonyl (C=O) groups excluding carboxylic acids is 1. The van der Waals surface area contributed by atoms with E-state index in [0.717, 1.165) is 15.6 Å². The van der Waals surface area contributed by atoms with Crippen molar-refractivity contribution in [2.45, 2.75) is 33.5 Å². The SMILES string of the molecule is Cc1ccc(C(=O)C(C)OCc2ccccc2Br)cc1C. The Kier molecular flexibility index (Phi) is 5.32. The molecule has 0 heterocycles. The topological polar surface area (TPSA) is 26.3 Å². The number of ketones is 1. The molecule has 0 bridgehead atoms. The van der Waals surface area contributed by atoms with Gasteiger partial charge >= 0.3 is 0 Å². The summed E-state index contributed by atoms with van der Waals surface area (Å²) in [6.45, 7) is 6.27. The highest BCUT2D eigenvalue weighted by Crippen LogP contribution is 2.18. The maximum absolute atomic E-state index is 12.4. The molecule has 2 rings (SSSR count). The van der Waals surface area contributed by atoms with Gasteiger partial charge in [-0.1, -0.05) is 46.3 Å². The maximum Gasteiger partial charge on any atom is 0.191 e. The molecule has 0 aromatic heterocycles. The highest BCUT2D eigenvalue weighted by molar-refractivity contribution is 9.10. The largest absolute Gasteiger partial charge is 0.366 e. The van der Waals surface area contributed by atoms with Crippen molar-refractivity contribution < 1.29 is 9.53 Å². The summed E-state index contributed by atoms with van der Waals surface area (Å²) >= 11 is 3.48. The van der Waals surface area contributed by atoms with Crippen LogP contribution < -0.4 is 0 Å². The fourth-order valence-corrected chi connectivity index (χ4v) is 2.43. The molecule has 3 heteroatoms. The van der Waals surface area contributed by atoms with Crippen molar-refractivity contribution in [2.24, 2.45) is 0 Å². The van der Waals surface area contributed by atoms with Crippen molar-refractivity contribution in [3.8, 4) is 0 Å². The third-order valence-corrected chi connectivity index (χ3v) is 4.38. The van der Waals surface area contributed by atoms with Gasteiger partial charge in [0.05, 0.1) is 6.61 Å². The summed E-state index contributed by atoms with van der Waals surface area (Å²) in [7, 11) is 0.